The molecular weight excluding hydrogens is 558 g/mol. The molecule has 45 heavy (non-hydrogen) atoms. The summed E-state index contributed by atoms with van der Waals surface area (Å²) in [6.45, 7) is 4.15. The first-order chi connectivity index (χ1) is 22.0. The first-order valence-corrected chi connectivity index (χ1v) is 18.9. The Labute approximate surface area is 278 Å². The summed E-state index contributed by atoms with van der Waals surface area (Å²) in [5.41, 5.74) is 0. The molecule has 0 fully saturated rings. The van der Waals surface area contributed by atoms with Gasteiger partial charge >= 0.3 is 0 Å². The zero-order valence-electron chi connectivity index (χ0n) is 29.5. The topological polar surface area (TPSA) is 89.8 Å². The number of allylic oxidation sites excluding steroid dienone is 7. The highest BCUT2D eigenvalue weighted by Gasteiger charge is 2.19. The molecule has 262 valence electrons. The number of rotatable bonds is 33. The molecule has 0 saturated carbocycles. The van der Waals surface area contributed by atoms with Crippen LogP contribution >= 0.6 is 0 Å². The van der Waals surface area contributed by atoms with Gasteiger partial charge in [0.25, 0.3) is 0 Å². The highest BCUT2D eigenvalue weighted by Crippen LogP contribution is 2.12. The highest BCUT2D eigenvalue weighted by atomic mass is 16.3. The molecule has 5 nitrogen and oxygen atoms in total. The molecule has 0 saturated heterocycles. The second-order valence-electron chi connectivity index (χ2n) is 12.8. The van der Waals surface area contributed by atoms with E-state index in [4.69, 9.17) is 0 Å². The molecule has 3 atom stereocenters. The van der Waals surface area contributed by atoms with Gasteiger partial charge in [0.15, 0.2) is 0 Å². The summed E-state index contributed by atoms with van der Waals surface area (Å²) in [4.78, 5) is 12.3. The minimum atomic E-state index is -0.965. The first-order valence-electron chi connectivity index (χ1n) is 18.9. The molecule has 5 heteroatoms. The predicted molar refractivity (Wildman–Crippen MR) is 194 cm³/mol. The fourth-order valence-corrected chi connectivity index (χ4v) is 5.37. The van der Waals surface area contributed by atoms with Crippen LogP contribution in [0.3, 0.4) is 0 Å². The standard InChI is InChI=1S/C40H73NO4/c1-3-5-7-9-11-13-15-16-17-18-19-20-21-22-24-26-28-30-32-34-39(44)38(36-42)41-40(45)35-37(43)33-31-29-27-25-23-14-12-10-8-6-4-2/h19-20,24-27,32,34,37-39,42-44H,3-18,21-23,28-31,33,35-36H2,1-2H3,(H,41,45)/b20-19+,26-24+,27-25-,34-32+. The van der Waals surface area contributed by atoms with Gasteiger partial charge in [-0.15, -0.1) is 0 Å². The normalized spacial score (nSPS) is 14.3. The van der Waals surface area contributed by atoms with Gasteiger partial charge in [0, 0.05) is 0 Å². The van der Waals surface area contributed by atoms with Crippen molar-refractivity contribution < 1.29 is 20.1 Å². The number of hydrogen-bond donors (Lipinski definition) is 4. The zero-order chi connectivity index (χ0) is 33.1. The number of hydrogen-bond acceptors (Lipinski definition) is 4. The smallest absolute Gasteiger partial charge is 0.222 e. The molecule has 0 rings (SSSR count). The molecule has 0 aromatic heterocycles. The van der Waals surface area contributed by atoms with Gasteiger partial charge in [0.05, 0.1) is 31.3 Å². The van der Waals surface area contributed by atoms with Crippen LogP contribution in [0.2, 0.25) is 0 Å². The van der Waals surface area contributed by atoms with Crippen molar-refractivity contribution in [3.05, 3.63) is 48.6 Å². The number of carbonyl (C=O) groups excluding carboxylic acids is 1. The van der Waals surface area contributed by atoms with E-state index in [1.807, 2.05) is 6.08 Å². The van der Waals surface area contributed by atoms with E-state index in [9.17, 15) is 20.1 Å². The summed E-state index contributed by atoms with van der Waals surface area (Å²) in [6.07, 6.45) is 43.9. The van der Waals surface area contributed by atoms with Gasteiger partial charge in [-0.3, -0.25) is 4.79 Å². The minimum absolute atomic E-state index is 0.0202. The van der Waals surface area contributed by atoms with Crippen LogP contribution in [-0.4, -0.2) is 46.1 Å². The average Bonchev–Trinajstić information content (AvgIpc) is 3.03. The third kappa shape index (κ3) is 32.1. The molecule has 0 heterocycles. The molecule has 4 N–H and O–H groups in total. The first kappa shape index (κ1) is 43.3. The number of aliphatic hydroxyl groups excluding tert-OH is 3. The van der Waals surface area contributed by atoms with Crippen LogP contribution in [0.15, 0.2) is 48.6 Å². The molecule has 0 aromatic rings. The van der Waals surface area contributed by atoms with Gasteiger partial charge < -0.3 is 20.6 Å². The fourth-order valence-electron chi connectivity index (χ4n) is 5.37. The summed E-state index contributed by atoms with van der Waals surface area (Å²) >= 11 is 0. The Morgan fingerprint density at radius 3 is 1.42 bits per heavy atom. The molecule has 0 spiro atoms. The van der Waals surface area contributed by atoms with Crippen molar-refractivity contribution in [3.63, 3.8) is 0 Å². The van der Waals surface area contributed by atoms with E-state index < -0.39 is 18.2 Å². The van der Waals surface area contributed by atoms with E-state index in [-0.39, 0.29) is 18.9 Å². The lowest BCUT2D eigenvalue weighted by atomic mass is 10.1. The lowest BCUT2D eigenvalue weighted by Crippen LogP contribution is -2.45. The number of unbranched alkanes of at least 4 members (excludes halogenated alkanes) is 18. The second-order valence-corrected chi connectivity index (χ2v) is 12.8. The van der Waals surface area contributed by atoms with Gasteiger partial charge in [-0.25, -0.2) is 0 Å². The maximum absolute atomic E-state index is 12.3. The van der Waals surface area contributed by atoms with E-state index in [0.717, 1.165) is 44.9 Å². The Morgan fingerprint density at radius 1 is 0.556 bits per heavy atom. The van der Waals surface area contributed by atoms with Gasteiger partial charge in [0.2, 0.25) is 5.91 Å². The summed E-state index contributed by atoms with van der Waals surface area (Å²) in [6, 6.07) is -0.774. The summed E-state index contributed by atoms with van der Waals surface area (Å²) < 4.78 is 0. The average molecular weight is 632 g/mol. The molecular formula is C40H73NO4. The maximum Gasteiger partial charge on any atom is 0.222 e. The lowest BCUT2D eigenvalue weighted by molar-refractivity contribution is -0.124. The van der Waals surface area contributed by atoms with Crippen molar-refractivity contribution in [2.75, 3.05) is 6.61 Å². The molecule has 0 aliphatic carbocycles. The second kappa shape index (κ2) is 35.2. The predicted octanol–water partition coefficient (Wildman–Crippen LogP) is 10.2. The fraction of sp³-hybridized carbons (Fsp3) is 0.775. The van der Waals surface area contributed by atoms with Crippen molar-refractivity contribution in [2.45, 2.75) is 193 Å². The van der Waals surface area contributed by atoms with Crippen molar-refractivity contribution in [3.8, 4) is 0 Å². The van der Waals surface area contributed by atoms with Crippen LogP contribution in [0.1, 0.15) is 174 Å². The quantitative estimate of drug-likeness (QED) is 0.0429. The SMILES string of the molecule is CCCCCCCC/C=C\CCCC(O)CC(=O)NC(CO)C(O)/C=C/CC/C=C/CC/C=C/CCCCCCCCCCC. The van der Waals surface area contributed by atoms with Gasteiger partial charge in [0.1, 0.15) is 0 Å². The Kier molecular flexibility index (Phi) is 33.8. The molecule has 1 amide bonds. The molecule has 0 aromatic carbocycles. The van der Waals surface area contributed by atoms with Gasteiger partial charge in [-0.05, 0) is 70.6 Å². The minimum Gasteiger partial charge on any atom is -0.394 e. The molecule has 0 bridgehead atoms. The largest absolute Gasteiger partial charge is 0.394 e. The number of aliphatic hydroxyl groups is 3. The van der Waals surface area contributed by atoms with Crippen molar-refractivity contribution in [1.29, 1.82) is 0 Å². The highest BCUT2D eigenvalue weighted by molar-refractivity contribution is 5.76. The van der Waals surface area contributed by atoms with Crippen molar-refractivity contribution in [2.24, 2.45) is 0 Å². The Balaban J connectivity index is 3.85. The van der Waals surface area contributed by atoms with Gasteiger partial charge in [-0.1, -0.05) is 146 Å². The van der Waals surface area contributed by atoms with E-state index in [1.54, 1.807) is 6.08 Å². The monoisotopic (exact) mass is 632 g/mol. The van der Waals surface area contributed by atoms with Crippen LogP contribution in [0.25, 0.3) is 0 Å². The van der Waals surface area contributed by atoms with Crippen LogP contribution < -0.4 is 5.32 Å². The van der Waals surface area contributed by atoms with Crippen LogP contribution in [0, 0.1) is 0 Å². The summed E-state index contributed by atoms with van der Waals surface area (Å²) in [5.74, 6) is -0.349. The summed E-state index contributed by atoms with van der Waals surface area (Å²) in [5, 5.41) is 33.0. The zero-order valence-corrected chi connectivity index (χ0v) is 29.5. The van der Waals surface area contributed by atoms with E-state index in [2.05, 4.69) is 55.6 Å². The lowest BCUT2D eigenvalue weighted by Gasteiger charge is -2.20. The third-order valence-electron chi connectivity index (χ3n) is 8.32. The third-order valence-corrected chi connectivity index (χ3v) is 8.32. The van der Waals surface area contributed by atoms with Crippen molar-refractivity contribution >= 4 is 5.91 Å². The van der Waals surface area contributed by atoms with E-state index >= 15 is 0 Å². The molecule has 0 aliphatic rings. The van der Waals surface area contributed by atoms with E-state index in [0.29, 0.717) is 6.42 Å². The molecule has 0 radical (unpaired) electrons. The van der Waals surface area contributed by atoms with Gasteiger partial charge in [-0.2, -0.15) is 0 Å². The maximum atomic E-state index is 12.3. The molecule has 0 aliphatic heterocycles. The number of carbonyl (C=O) groups is 1. The summed E-state index contributed by atoms with van der Waals surface area (Å²) in [7, 11) is 0. The number of nitrogens with one attached hydrogen (secondary N) is 1. The van der Waals surface area contributed by atoms with Crippen LogP contribution in [0.4, 0.5) is 0 Å². The number of amides is 1. The Morgan fingerprint density at radius 2 is 0.956 bits per heavy atom. The van der Waals surface area contributed by atoms with Crippen LogP contribution in [-0.2, 0) is 4.79 Å². The van der Waals surface area contributed by atoms with E-state index in [1.165, 1.54) is 103 Å². The molecule has 3 unspecified atom stereocenters. The Bertz CT molecular complexity index is 745. The van der Waals surface area contributed by atoms with Crippen molar-refractivity contribution in [1.82, 2.24) is 5.32 Å². The Hall–Kier alpha value is -1.69. The van der Waals surface area contributed by atoms with Crippen LogP contribution in [0.5, 0.6) is 0 Å².